The summed E-state index contributed by atoms with van der Waals surface area (Å²) < 4.78 is 0. The molecule has 2 rings (SSSR count). The highest BCUT2D eigenvalue weighted by molar-refractivity contribution is 5.74. The molecule has 0 amide bonds. The Labute approximate surface area is 91.7 Å². The molecule has 0 radical (unpaired) electrons. The van der Waals surface area contributed by atoms with Crippen LogP contribution in [0.25, 0.3) is 11.1 Å². The maximum absolute atomic E-state index is 9.62. The molecule has 2 aromatic carbocycles. The third-order valence-electron chi connectivity index (χ3n) is 2.30. The van der Waals surface area contributed by atoms with Gasteiger partial charge in [0, 0.05) is 5.56 Å². The SMILES string of the molecule is Oc1ccc(-c2cccc(O)c2O)cc1O. The number of benzene rings is 2. The summed E-state index contributed by atoms with van der Waals surface area (Å²) in [6.07, 6.45) is 0. The molecule has 0 saturated carbocycles. The van der Waals surface area contributed by atoms with E-state index in [-0.39, 0.29) is 23.0 Å². The van der Waals surface area contributed by atoms with Gasteiger partial charge in [-0.05, 0) is 23.8 Å². The Kier molecular flexibility index (Phi) is 2.32. The third kappa shape index (κ3) is 1.61. The first-order chi connectivity index (χ1) is 7.59. The Morgan fingerprint density at radius 3 is 2.12 bits per heavy atom. The van der Waals surface area contributed by atoms with Crippen LogP contribution in [0.3, 0.4) is 0 Å². The molecule has 0 atom stereocenters. The second kappa shape index (κ2) is 3.66. The molecular formula is C12H10O4. The summed E-state index contributed by atoms with van der Waals surface area (Å²) in [6, 6.07) is 8.69. The number of phenolic OH excluding ortho intramolecular Hbond substituents is 4. The van der Waals surface area contributed by atoms with Gasteiger partial charge in [-0.2, -0.15) is 0 Å². The van der Waals surface area contributed by atoms with E-state index in [4.69, 9.17) is 5.11 Å². The predicted octanol–water partition coefficient (Wildman–Crippen LogP) is 2.18. The zero-order valence-corrected chi connectivity index (χ0v) is 8.25. The lowest BCUT2D eigenvalue weighted by Gasteiger charge is -2.07. The summed E-state index contributed by atoms with van der Waals surface area (Å²) in [5.74, 6) is -0.999. The minimum atomic E-state index is -0.278. The molecule has 2 aromatic rings. The second-order valence-corrected chi connectivity index (χ2v) is 3.38. The minimum Gasteiger partial charge on any atom is -0.504 e. The standard InChI is InChI=1S/C12H10O4/c13-9-5-4-7(6-11(9)15)8-2-1-3-10(14)12(8)16/h1-6,13-16H. The molecule has 0 aliphatic rings. The Bertz CT molecular complexity index is 535. The highest BCUT2D eigenvalue weighted by atomic mass is 16.3. The fourth-order valence-corrected chi connectivity index (χ4v) is 1.46. The van der Waals surface area contributed by atoms with Crippen LogP contribution in [0.4, 0.5) is 0 Å². The van der Waals surface area contributed by atoms with Crippen molar-refractivity contribution in [2.75, 3.05) is 0 Å². The molecular weight excluding hydrogens is 208 g/mol. The zero-order chi connectivity index (χ0) is 11.7. The fraction of sp³-hybridized carbons (Fsp3) is 0. The van der Waals surface area contributed by atoms with Gasteiger partial charge in [-0.3, -0.25) is 0 Å². The second-order valence-electron chi connectivity index (χ2n) is 3.38. The van der Waals surface area contributed by atoms with Crippen molar-refractivity contribution in [3.63, 3.8) is 0 Å². The van der Waals surface area contributed by atoms with E-state index >= 15 is 0 Å². The van der Waals surface area contributed by atoms with Gasteiger partial charge in [-0.1, -0.05) is 18.2 Å². The van der Waals surface area contributed by atoms with Crippen LogP contribution in [0, 0.1) is 0 Å². The van der Waals surface area contributed by atoms with Gasteiger partial charge in [0.05, 0.1) is 0 Å². The highest BCUT2D eigenvalue weighted by Gasteiger charge is 2.09. The molecule has 0 unspecified atom stereocenters. The van der Waals surface area contributed by atoms with E-state index in [2.05, 4.69) is 0 Å². The van der Waals surface area contributed by atoms with Crippen molar-refractivity contribution in [3.8, 4) is 34.1 Å². The van der Waals surface area contributed by atoms with Gasteiger partial charge in [-0.25, -0.2) is 0 Å². The average molecular weight is 218 g/mol. The van der Waals surface area contributed by atoms with Gasteiger partial charge in [-0.15, -0.1) is 0 Å². The highest BCUT2D eigenvalue weighted by Crippen LogP contribution is 2.38. The monoisotopic (exact) mass is 218 g/mol. The number of aromatic hydroxyl groups is 4. The lowest BCUT2D eigenvalue weighted by atomic mass is 10.0. The van der Waals surface area contributed by atoms with Crippen molar-refractivity contribution in [2.45, 2.75) is 0 Å². The normalized spacial score (nSPS) is 10.2. The number of hydrogen-bond acceptors (Lipinski definition) is 4. The van der Waals surface area contributed by atoms with Crippen LogP contribution in [0.2, 0.25) is 0 Å². The van der Waals surface area contributed by atoms with Gasteiger partial charge < -0.3 is 20.4 Å². The average Bonchev–Trinajstić information content (AvgIpc) is 2.26. The Hall–Kier alpha value is -2.36. The van der Waals surface area contributed by atoms with E-state index in [1.807, 2.05) is 0 Å². The maximum Gasteiger partial charge on any atom is 0.165 e. The molecule has 0 aromatic heterocycles. The van der Waals surface area contributed by atoms with E-state index in [0.717, 1.165) is 0 Å². The van der Waals surface area contributed by atoms with Crippen molar-refractivity contribution < 1.29 is 20.4 Å². The van der Waals surface area contributed by atoms with E-state index in [1.54, 1.807) is 12.1 Å². The quantitative estimate of drug-likeness (QED) is 0.553. The van der Waals surface area contributed by atoms with Crippen molar-refractivity contribution in [3.05, 3.63) is 36.4 Å². The maximum atomic E-state index is 9.62. The molecule has 0 bridgehead atoms. The van der Waals surface area contributed by atoms with E-state index in [9.17, 15) is 15.3 Å². The largest absolute Gasteiger partial charge is 0.504 e. The molecule has 4 heteroatoms. The molecule has 0 spiro atoms. The molecule has 0 aliphatic carbocycles. The fourth-order valence-electron chi connectivity index (χ4n) is 1.46. The van der Waals surface area contributed by atoms with Gasteiger partial charge in [0.1, 0.15) is 0 Å². The van der Waals surface area contributed by atoms with Crippen LogP contribution >= 0.6 is 0 Å². The van der Waals surface area contributed by atoms with Gasteiger partial charge >= 0.3 is 0 Å². The van der Waals surface area contributed by atoms with Crippen LogP contribution in [0.5, 0.6) is 23.0 Å². The summed E-state index contributed by atoms with van der Waals surface area (Å²) in [4.78, 5) is 0. The first kappa shape index (κ1) is 10.2. The lowest BCUT2D eigenvalue weighted by Crippen LogP contribution is -1.80. The zero-order valence-electron chi connectivity index (χ0n) is 8.25. The van der Waals surface area contributed by atoms with Gasteiger partial charge in [0.25, 0.3) is 0 Å². The molecule has 0 aliphatic heterocycles. The van der Waals surface area contributed by atoms with Gasteiger partial charge in [0.15, 0.2) is 23.0 Å². The Morgan fingerprint density at radius 2 is 1.44 bits per heavy atom. The van der Waals surface area contributed by atoms with E-state index < -0.39 is 0 Å². The van der Waals surface area contributed by atoms with E-state index in [1.165, 1.54) is 24.3 Å². The molecule has 4 nitrogen and oxygen atoms in total. The van der Waals surface area contributed by atoms with Crippen LogP contribution in [0.15, 0.2) is 36.4 Å². The smallest absolute Gasteiger partial charge is 0.165 e. The van der Waals surface area contributed by atoms with Crippen molar-refractivity contribution in [1.29, 1.82) is 0 Å². The van der Waals surface area contributed by atoms with Crippen LogP contribution < -0.4 is 0 Å². The summed E-state index contributed by atoms with van der Waals surface area (Å²) >= 11 is 0. The first-order valence-corrected chi connectivity index (χ1v) is 4.63. The number of hydrogen-bond donors (Lipinski definition) is 4. The topological polar surface area (TPSA) is 80.9 Å². The van der Waals surface area contributed by atoms with Crippen LogP contribution in [0.1, 0.15) is 0 Å². The number of phenols is 4. The van der Waals surface area contributed by atoms with Gasteiger partial charge in [0.2, 0.25) is 0 Å². The Morgan fingerprint density at radius 1 is 0.688 bits per heavy atom. The molecule has 0 heterocycles. The summed E-state index contributed by atoms with van der Waals surface area (Å²) in [7, 11) is 0. The van der Waals surface area contributed by atoms with Crippen molar-refractivity contribution in [2.24, 2.45) is 0 Å². The molecule has 4 N–H and O–H groups in total. The predicted molar refractivity (Wildman–Crippen MR) is 58.5 cm³/mol. The third-order valence-corrected chi connectivity index (χ3v) is 2.30. The Balaban J connectivity index is 2.59. The molecule has 0 fully saturated rings. The molecule has 82 valence electrons. The minimum absolute atomic E-state index is 0.231. The van der Waals surface area contributed by atoms with E-state index in [0.29, 0.717) is 11.1 Å². The summed E-state index contributed by atoms with van der Waals surface area (Å²) in [5, 5.41) is 37.4. The summed E-state index contributed by atoms with van der Waals surface area (Å²) in [6.45, 7) is 0. The number of rotatable bonds is 1. The molecule has 16 heavy (non-hydrogen) atoms. The first-order valence-electron chi connectivity index (χ1n) is 4.63. The number of para-hydroxylation sites is 1. The lowest BCUT2D eigenvalue weighted by molar-refractivity contribution is 0.402. The van der Waals surface area contributed by atoms with Crippen LogP contribution in [-0.4, -0.2) is 20.4 Å². The van der Waals surface area contributed by atoms with Crippen molar-refractivity contribution >= 4 is 0 Å². The van der Waals surface area contributed by atoms with Crippen molar-refractivity contribution in [1.82, 2.24) is 0 Å². The summed E-state index contributed by atoms with van der Waals surface area (Å²) in [5.41, 5.74) is 0.888. The molecule has 0 saturated heterocycles. The van der Waals surface area contributed by atoms with Crippen LogP contribution in [-0.2, 0) is 0 Å².